The second kappa shape index (κ2) is 6.25. The number of amides is 1. The van der Waals surface area contributed by atoms with Crippen LogP contribution in [0.4, 0.5) is 5.82 Å². The fraction of sp³-hybridized carbons (Fsp3) is 0.111. The van der Waals surface area contributed by atoms with Crippen LogP contribution >= 0.6 is 15.9 Å². The first kappa shape index (κ1) is 15.7. The molecular formula is C18H16BrN5O. The second-order valence-corrected chi connectivity index (χ2v) is 6.79. The molecule has 0 aliphatic carbocycles. The molecule has 0 saturated carbocycles. The summed E-state index contributed by atoms with van der Waals surface area (Å²) < 4.78 is 0.955. The number of benzene rings is 1. The topological polar surface area (TPSA) is 81.8 Å². The van der Waals surface area contributed by atoms with Gasteiger partial charge >= 0.3 is 0 Å². The van der Waals surface area contributed by atoms with Crippen LogP contribution in [0.3, 0.4) is 0 Å². The first-order chi connectivity index (χ1) is 12.1. The Kier molecular flexibility index (Phi) is 3.93. The molecule has 7 heteroatoms. The van der Waals surface area contributed by atoms with Gasteiger partial charge in [0.15, 0.2) is 0 Å². The number of aromatic amines is 1. The van der Waals surface area contributed by atoms with Crippen molar-refractivity contribution in [1.82, 2.24) is 20.7 Å². The summed E-state index contributed by atoms with van der Waals surface area (Å²) in [4.78, 5) is 20.0. The zero-order valence-electron chi connectivity index (χ0n) is 13.4. The molecule has 0 fully saturated rings. The molecule has 3 aromatic rings. The minimum atomic E-state index is -0.124. The Balaban J connectivity index is 1.80. The molecule has 0 saturated heterocycles. The lowest BCUT2D eigenvalue weighted by atomic mass is 10.1. The van der Waals surface area contributed by atoms with Gasteiger partial charge in [0.25, 0.3) is 5.91 Å². The van der Waals surface area contributed by atoms with Crippen molar-refractivity contribution in [2.45, 2.75) is 13.0 Å². The highest BCUT2D eigenvalue weighted by atomic mass is 79.9. The molecule has 1 aromatic carbocycles. The quantitative estimate of drug-likeness (QED) is 0.510. The van der Waals surface area contributed by atoms with Gasteiger partial charge in [0.1, 0.15) is 11.5 Å². The van der Waals surface area contributed by atoms with Gasteiger partial charge in [0, 0.05) is 33.2 Å². The van der Waals surface area contributed by atoms with Crippen molar-refractivity contribution < 1.29 is 4.79 Å². The number of hydrogen-bond acceptors (Lipinski definition) is 4. The Morgan fingerprint density at radius 3 is 2.88 bits per heavy atom. The lowest BCUT2D eigenvalue weighted by Crippen LogP contribution is -2.30. The molecule has 4 rings (SSSR count). The standard InChI is InChI=1S/C18H16BrN5O/c1-10-8-14(23-24-15-4-2-3-7-20-15)16-12-9-11(19)5-6-13(12)22-17(16)18(25)21-10/h2-10,22-23H,1H3,(H,20,24)(H,21,25). The van der Waals surface area contributed by atoms with E-state index in [2.05, 4.69) is 42.1 Å². The number of carbonyl (C=O) groups is 1. The first-order valence-electron chi connectivity index (χ1n) is 7.89. The minimum absolute atomic E-state index is 0.108. The summed E-state index contributed by atoms with van der Waals surface area (Å²) in [5.74, 6) is 0.572. The molecule has 25 heavy (non-hydrogen) atoms. The lowest BCUT2D eigenvalue weighted by Gasteiger charge is -2.13. The van der Waals surface area contributed by atoms with Gasteiger partial charge < -0.3 is 10.3 Å². The van der Waals surface area contributed by atoms with Crippen LogP contribution in [0.25, 0.3) is 16.6 Å². The summed E-state index contributed by atoms with van der Waals surface area (Å²) in [6.45, 7) is 1.93. The second-order valence-electron chi connectivity index (χ2n) is 5.87. The summed E-state index contributed by atoms with van der Waals surface area (Å²) in [7, 11) is 0. The summed E-state index contributed by atoms with van der Waals surface area (Å²) in [6.07, 6.45) is 3.70. The summed E-state index contributed by atoms with van der Waals surface area (Å²) in [5.41, 5.74) is 9.39. The van der Waals surface area contributed by atoms with E-state index in [0.717, 1.165) is 26.6 Å². The summed E-state index contributed by atoms with van der Waals surface area (Å²) in [6, 6.07) is 11.4. The lowest BCUT2D eigenvalue weighted by molar-refractivity contribution is 0.0943. The van der Waals surface area contributed by atoms with E-state index >= 15 is 0 Å². The predicted octanol–water partition coefficient (Wildman–Crippen LogP) is 3.41. The molecule has 3 heterocycles. The molecule has 1 unspecified atom stereocenters. The van der Waals surface area contributed by atoms with Gasteiger partial charge in [-0.3, -0.25) is 15.6 Å². The molecule has 1 atom stereocenters. The zero-order valence-corrected chi connectivity index (χ0v) is 15.0. The average molecular weight is 398 g/mol. The van der Waals surface area contributed by atoms with Gasteiger partial charge in [-0.15, -0.1) is 0 Å². The van der Waals surface area contributed by atoms with E-state index < -0.39 is 0 Å². The van der Waals surface area contributed by atoms with Crippen LogP contribution < -0.4 is 16.2 Å². The third kappa shape index (κ3) is 2.98. The zero-order chi connectivity index (χ0) is 17.4. The van der Waals surface area contributed by atoms with E-state index in [-0.39, 0.29) is 11.9 Å². The molecule has 1 aliphatic rings. The fourth-order valence-electron chi connectivity index (χ4n) is 2.94. The highest BCUT2D eigenvalue weighted by Crippen LogP contribution is 2.31. The number of fused-ring (bicyclic) bond motifs is 3. The number of nitrogens with one attached hydrogen (secondary N) is 4. The van der Waals surface area contributed by atoms with E-state index in [9.17, 15) is 4.79 Å². The number of halogens is 1. The van der Waals surface area contributed by atoms with Gasteiger partial charge in [-0.25, -0.2) is 4.98 Å². The van der Waals surface area contributed by atoms with Gasteiger partial charge in [-0.05, 0) is 43.3 Å². The maximum atomic E-state index is 12.5. The van der Waals surface area contributed by atoms with E-state index in [1.165, 1.54) is 0 Å². The van der Waals surface area contributed by atoms with Crippen molar-refractivity contribution in [3.63, 3.8) is 0 Å². The monoisotopic (exact) mass is 397 g/mol. The number of rotatable bonds is 3. The van der Waals surface area contributed by atoms with Crippen molar-refractivity contribution in [3.05, 3.63) is 64.4 Å². The van der Waals surface area contributed by atoms with Crippen LogP contribution in [-0.2, 0) is 0 Å². The van der Waals surface area contributed by atoms with Crippen LogP contribution in [0.2, 0.25) is 0 Å². The normalized spacial score (nSPS) is 16.6. The molecule has 126 valence electrons. The Labute approximate surface area is 152 Å². The third-order valence-corrected chi connectivity index (χ3v) is 4.52. The van der Waals surface area contributed by atoms with E-state index in [0.29, 0.717) is 11.5 Å². The summed E-state index contributed by atoms with van der Waals surface area (Å²) >= 11 is 3.51. The van der Waals surface area contributed by atoms with E-state index in [1.807, 2.05) is 49.4 Å². The third-order valence-electron chi connectivity index (χ3n) is 4.02. The maximum absolute atomic E-state index is 12.5. The Morgan fingerprint density at radius 2 is 2.08 bits per heavy atom. The van der Waals surface area contributed by atoms with E-state index in [4.69, 9.17) is 0 Å². The van der Waals surface area contributed by atoms with Crippen LogP contribution in [0.1, 0.15) is 23.0 Å². The van der Waals surface area contributed by atoms with Crippen LogP contribution in [0.5, 0.6) is 0 Å². The molecule has 0 radical (unpaired) electrons. The number of pyridine rings is 1. The molecule has 6 nitrogen and oxygen atoms in total. The largest absolute Gasteiger partial charge is 0.350 e. The average Bonchev–Trinajstić information content (AvgIpc) is 2.92. The Morgan fingerprint density at radius 1 is 1.20 bits per heavy atom. The van der Waals surface area contributed by atoms with Gasteiger partial charge in [-0.1, -0.05) is 22.0 Å². The molecule has 1 aliphatic heterocycles. The molecular weight excluding hydrogens is 382 g/mol. The van der Waals surface area contributed by atoms with E-state index in [1.54, 1.807) is 6.20 Å². The molecule has 2 aromatic heterocycles. The number of H-pyrrole nitrogens is 1. The number of anilines is 1. The molecule has 0 bridgehead atoms. The van der Waals surface area contributed by atoms with Crippen LogP contribution in [-0.4, -0.2) is 21.9 Å². The number of carbonyl (C=O) groups excluding carboxylic acids is 1. The number of nitrogens with zero attached hydrogens (tertiary/aromatic N) is 1. The highest BCUT2D eigenvalue weighted by molar-refractivity contribution is 9.10. The van der Waals surface area contributed by atoms with Gasteiger partial charge in [0.05, 0.1) is 5.70 Å². The van der Waals surface area contributed by atoms with Gasteiger partial charge in [0.2, 0.25) is 0 Å². The maximum Gasteiger partial charge on any atom is 0.268 e. The Hall–Kier alpha value is -2.80. The number of aromatic nitrogens is 2. The van der Waals surface area contributed by atoms with Crippen molar-refractivity contribution >= 4 is 44.3 Å². The highest BCUT2D eigenvalue weighted by Gasteiger charge is 2.25. The Bertz CT molecular complexity index is 980. The fourth-order valence-corrected chi connectivity index (χ4v) is 3.30. The van der Waals surface area contributed by atoms with Crippen LogP contribution in [0, 0.1) is 0 Å². The predicted molar refractivity (Wildman–Crippen MR) is 102 cm³/mol. The van der Waals surface area contributed by atoms with Crippen LogP contribution in [0.15, 0.2) is 53.1 Å². The van der Waals surface area contributed by atoms with Crippen molar-refractivity contribution in [1.29, 1.82) is 0 Å². The molecule has 4 N–H and O–H groups in total. The first-order valence-corrected chi connectivity index (χ1v) is 8.68. The SMILES string of the molecule is CC1C=C(NNc2ccccn2)c2c([nH]c3ccc(Br)cc23)C(=O)N1. The number of hydrazine groups is 1. The molecule has 1 amide bonds. The molecule has 0 spiro atoms. The van der Waals surface area contributed by atoms with Crippen molar-refractivity contribution in [2.24, 2.45) is 0 Å². The smallest absolute Gasteiger partial charge is 0.268 e. The minimum Gasteiger partial charge on any atom is -0.350 e. The van der Waals surface area contributed by atoms with Gasteiger partial charge in [-0.2, -0.15) is 0 Å². The number of hydrogen-bond donors (Lipinski definition) is 4. The van der Waals surface area contributed by atoms with Crippen molar-refractivity contribution in [3.8, 4) is 0 Å². The van der Waals surface area contributed by atoms with Crippen molar-refractivity contribution in [2.75, 3.05) is 5.43 Å². The summed E-state index contributed by atoms with van der Waals surface area (Å²) in [5, 5.41) is 3.93.